The highest BCUT2D eigenvalue weighted by Crippen LogP contribution is 2.69. The van der Waals surface area contributed by atoms with Gasteiger partial charge in [-0.3, -0.25) is 0 Å². The molecule has 8 atom stereocenters. The van der Waals surface area contributed by atoms with Gasteiger partial charge in [-0.2, -0.15) is 0 Å². The molecule has 0 amide bonds. The van der Waals surface area contributed by atoms with Gasteiger partial charge in [0.2, 0.25) is 0 Å². The van der Waals surface area contributed by atoms with Gasteiger partial charge in [0.15, 0.2) is 0 Å². The Labute approximate surface area is 143 Å². The Balaban J connectivity index is 1.64. The van der Waals surface area contributed by atoms with E-state index in [1.54, 1.807) is 0 Å². The smallest absolute Gasteiger partial charge is 0.125 e. The first-order valence-corrected chi connectivity index (χ1v) is 10.2. The van der Waals surface area contributed by atoms with E-state index in [1.807, 2.05) is 0 Å². The van der Waals surface area contributed by atoms with Gasteiger partial charge in [0.25, 0.3) is 0 Å². The van der Waals surface area contributed by atoms with Crippen LogP contribution in [0, 0.1) is 34.5 Å². The number of fused-ring (bicyclic) bond motifs is 5. The first-order chi connectivity index (χ1) is 10.3. The summed E-state index contributed by atoms with van der Waals surface area (Å²) in [5.74, 6) is 3.02. The predicted octanol–water partition coefficient (Wildman–Crippen LogP) is 4.47. The second kappa shape index (κ2) is 4.95. The van der Waals surface area contributed by atoms with E-state index in [4.69, 9.17) is 0 Å². The second-order valence-electron chi connectivity index (χ2n) is 9.34. The van der Waals surface area contributed by atoms with Gasteiger partial charge in [0.1, 0.15) is 4.51 Å². The van der Waals surface area contributed by atoms with Crippen molar-refractivity contribution in [3.05, 3.63) is 0 Å². The number of aliphatic hydroxyl groups excluding tert-OH is 1. The van der Waals surface area contributed by atoms with E-state index in [0.717, 1.165) is 43.4 Å². The molecule has 0 spiro atoms. The second-order valence-corrected chi connectivity index (χ2v) is 10.7. The van der Waals surface area contributed by atoms with Crippen LogP contribution in [0.15, 0.2) is 0 Å². The monoisotopic (exact) mass is 370 g/mol. The summed E-state index contributed by atoms with van der Waals surface area (Å²) in [7, 11) is 0. The summed E-state index contributed by atoms with van der Waals surface area (Å²) in [6.07, 6.45) is 10.3. The summed E-state index contributed by atoms with van der Waals surface area (Å²) >= 11 is 3.67. The number of aliphatic hydroxyl groups is 2. The molecule has 0 aromatic rings. The Morgan fingerprint density at radius 3 is 2.41 bits per heavy atom. The van der Waals surface area contributed by atoms with Crippen molar-refractivity contribution in [1.82, 2.24) is 0 Å². The van der Waals surface area contributed by atoms with Crippen molar-refractivity contribution in [3.8, 4) is 0 Å². The fourth-order valence-corrected chi connectivity index (χ4v) is 7.92. The highest BCUT2D eigenvalue weighted by molar-refractivity contribution is 9.10. The lowest BCUT2D eigenvalue weighted by atomic mass is 9.45. The van der Waals surface area contributed by atoms with E-state index >= 15 is 0 Å². The van der Waals surface area contributed by atoms with Crippen molar-refractivity contribution >= 4 is 15.9 Å². The molecule has 0 saturated heterocycles. The third-order valence-corrected chi connectivity index (χ3v) is 9.99. The molecule has 0 aliphatic heterocycles. The maximum Gasteiger partial charge on any atom is 0.125 e. The standard InChI is InChI=1S/C19H31BrO2/c1-17-8-5-13(21)11-12(17)3-4-14-15(17)6-9-18(2)16(14)7-10-19(18,20)22/h12-16,21-22H,3-11H2,1-2H3/t12?,13?,14-,15-,16+,17+,18+,19?/m1/s1. The van der Waals surface area contributed by atoms with E-state index in [0.29, 0.717) is 11.3 Å². The lowest BCUT2D eigenvalue weighted by Crippen LogP contribution is -2.55. The van der Waals surface area contributed by atoms with Crippen molar-refractivity contribution in [2.24, 2.45) is 34.5 Å². The molecule has 0 heterocycles. The normalized spacial score (nSPS) is 61.2. The van der Waals surface area contributed by atoms with Crippen molar-refractivity contribution in [1.29, 1.82) is 0 Å². The summed E-state index contributed by atoms with van der Waals surface area (Å²) in [5.41, 5.74) is 0.502. The van der Waals surface area contributed by atoms with Gasteiger partial charge in [0, 0.05) is 5.41 Å². The van der Waals surface area contributed by atoms with E-state index < -0.39 is 4.51 Å². The first kappa shape index (κ1) is 15.9. The average molecular weight is 371 g/mol. The molecule has 4 aliphatic carbocycles. The number of alkyl halides is 1. The van der Waals surface area contributed by atoms with Crippen molar-refractivity contribution in [2.75, 3.05) is 0 Å². The Hall–Kier alpha value is 0.400. The molecule has 3 heteroatoms. The van der Waals surface area contributed by atoms with Crippen LogP contribution in [0.5, 0.6) is 0 Å². The van der Waals surface area contributed by atoms with Crippen LogP contribution in [0.3, 0.4) is 0 Å². The summed E-state index contributed by atoms with van der Waals surface area (Å²) in [5, 5.41) is 20.9. The molecular weight excluding hydrogens is 340 g/mol. The van der Waals surface area contributed by atoms with Crippen molar-refractivity contribution < 1.29 is 10.2 Å². The van der Waals surface area contributed by atoms with E-state index in [-0.39, 0.29) is 11.5 Å². The van der Waals surface area contributed by atoms with E-state index in [2.05, 4.69) is 29.8 Å². The molecule has 0 bridgehead atoms. The molecule has 2 nitrogen and oxygen atoms in total. The number of halogens is 1. The molecule has 126 valence electrons. The minimum Gasteiger partial charge on any atom is -0.393 e. The van der Waals surface area contributed by atoms with Gasteiger partial charge in [-0.15, -0.1) is 0 Å². The molecule has 2 N–H and O–H groups in total. The minimum absolute atomic E-state index is 0.0532. The topological polar surface area (TPSA) is 40.5 Å². The highest BCUT2D eigenvalue weighted by Gasteiger charge is 2.63. The first-order valence-electron chi connectivity index (χ1n) is 9.37. The quantitative estimate of drug-likeness (QED) is 0.617. The third kappa shape index (κ3) is 1.97. The third-order valence-electron chi connectivity index (χ3n) is 8.69. The van der Waals surface area contributed by atoms with Crippen molar-refractivity contribution in [2.45, 2.75) is 82.2 Å². The zero-order valence-corrected chi connectivity index (χ0v) is 15.6. The zero-order valence-electron chi connectivity index (χ0n) is 14.0. The summed E-state index contributed by atoms with van der Waals surface area (Å²) in [4.78, 5) is 0. The fourth-order valence-electron chi connectivity index (χ4n) is 7.20. The molecule has 3 unspecified atom stereocenters. The van der Waals surface area contributed by atoms with Gasteiger partial charge in [-0.05, 0) is 86.9 Å². The van der Waals surface area contributed by atoms with Gasteiger partial charge < -0.3 is 10.2 Å². The van der Waals surface area contributed by atoms with Gasteiger partial charge in [-0.1, -0.05) is 29.8 Å². The van der Waals surface area contributed by atoms with E-state index in [1.165, 1.54) is 32.1 Å². The Morgan fingerprint density at radius 1 is 0.909 bits per heavy atom. The van der Waals surface area contributed by atoms with Crippen LogP contribution in [0.4, 0.5) is 0 Å². The molecule has 0 aromatic heterocycles. The maximum absolute atomic E-state index is 10.9. The summed E-state index contributed by atoms with van der Waals surface area (Å²) in [6.45, 7) is 4.85. The molecule has 4 rings (SSSR count). The van der Waals surface area contributed by atoms with Crippen LogP contribution < -0.4 is 0 Å². The van der Waals surface area contributed by atoms with Crippen LogP contribution >= 0.6 is 15.9 Å². The van der Waals surface area contributed by atoms with Gasteiger partial charge >= 0.3 is 0 Å². The van der Waals surface area contributed by atoms with Gasteiger partial charge in [-0.25, -0.2) is 0 Å². The molecule has 4 aliphatic rings. The number of rotatable bonds is 0. The lowest BCUT2D eigenvalue weighted by molar-refractivity contribution is -0.137. The average Bonchev–Trinajstić information content (AvgIpc) is 2.70. The van der Waals surface area contributed by atoms with E-state index in [9.17, 15) is 10.2 Å². The number of hydrogen-bond donors (Lipinski definition) is 2. The minimum atomic E-state index is -0.643. The van der Waals surface area contributed by atoms with Crippen LogP contribution in [-0.2, 0) is 0 Å². The molecule has 0 radical (unpaired) electrons. The van der Waals surface area contributed by atoms with Crippen LogP contribution in [0.1, 0.15) is 71.6 Å². The van der Waals surface area contributed by atoms with Crippen LogP contribution in [0.25, 0.3) is 0 Å². The largest absolute Gasteiger partial charge is 0.393 e. The molecule has 4 fully saturated rings. The lowest BCUT2D eigenvalue weighted by Gasteiger charge is -2.61. The Morgan fingerprint density at radius 2 is 1.64 bits per heavy atom. The maximum atomic E-state index is 10.9. The van der Waals surface area contributed by atoms with Gasteiger partial charge in [0.05, 0.1) is 6.10 Å². The van der Waals surface area contributed by atoms with Crippen molar-refractivity contribution in [3.63, 3.8) is 0 Å². The SMILES string of the molecule is C[C@]12CCC(O)CC1CC[C@@H]1[C@H]2CC[C@@]2(C)[C@H]1CCC2(O)Br. The van der Waals surface area contributed by atoms with Crippen LogP contribution in [0.2, 0.25) is 0 Å². The summed E-state index contributed by atoms with van der Waals surface area (Å²) < 4.78 is -0.643. The number of hydrogen-bond acceptors (Lipinski definition) is 2. The Bertz CT molecular complexity index is 464. The molecule has 0 aromatic carbocycles. The predicted molar refractivity (Wildman–Crippen MR) is 91.6 cm³/mol. The molecule has 4 saturated carbocycles. The fraction of sp³-hybridized carbons (Fsp3) is 1.00. The highest BCUT2D eigenvalue weighted by atomic mass is 79.9. The molecular formula is C19H31BrO2. The summed E-state index contributed by atoms with van der Waals surface area (Å²) in [6, 6.07) is 0. The zero-order chi connectivity index (χ0) is 15.8. The van der Waals surface area contributed by atoms with Crippen LogP contribution in [-0.4, -0.2) is 20.8 Å². The molecule has 22 heavy (non-hydrogen) atoms. The Kier molecular flexibility index (Phi) is 3.58.